The molecule has 1 aliphatic rings. The second kappa shape index (κ2) is 9.06. The fourth-order valence-electron chi connectivity index (χ4n) is 4.19. The molecule has 3 aromatic rings. The number of carbonyl (C=O) groups excluding carboxylic acids is 1. The van der Waals surface area contributed by atoms with Crippen LogP contribution in [0.25, 0.3) is 11.8 Å². The standard InChI is InChI=1S/C25H23F4N3O2/c1-15-12-31(14-30-15)22-6-5-16(9-19(22)26)8-17-4-3-7-32(24(17)34)25(2,13-33)18-10-20(27)23(29)21(28)11-18/h5-6,8-12,14,33H,3-4,7,13H2,1-2H3/t25-/m1/s1. The molecular formula is C25H23F4N3O2. The second-order valence-corrected chi connectivity index (χ2v) is 8.55. The molecule has 5 nitrogen and oxygen atoms in total. The lowest BCUT2D eigenvalue weighted by Crippen LogP contribution is -2.52. The predicted octanol–water partition coefficient (Wildman–Crippen LogP) is 4.65. The van der Waals surface area contributed by atoms with Gasteiger partial charge in [-0.3, -0.25) is 4.79 Å². The fraction of sp³-hybridized carbons (Fsp3) is 0.280. The highest BCUT2D eigenvalue weighted by Gasteiger charge is 2.40. The molecule has 9 heteroatoms. The average molecular weight is 473 g/mol. The number of amides is 1. The van der Waals surface area contributed by atoms with Gasteiger partial charge in [0.05, 0.1) is 29.9 Å². The Hall–Kier alpha value is -3.46. The number of aliphatic hydroxyl groups is 1. The molecule has 2 aromatic carbocycles. The Labute approximate surface area is 194 Å². The van der Waals surface area contributed by atoms with Gasteiger partial charge < -0.3 is 14.6 Å². The van der Waals surface area contributed by atoms with E-state index in [1.807, 2.05) is 0 Å². The number of hydrogen-bond acceptors (Lipinski definition) is 3. The zero-order valence-electron chi connectivity index (χ0n) is 18.7. The first-order chi connectivity index (χ1) is 16.1. The van der Waals surface area contributed by atoms with Gasteiger partial charge in [0.25, 0.3) is 5.91 Å². The lowest BCUT2D eigenvalue weighted by atomic mass is 9.87. The summed E-state index contributed by atoms with van der Waals surface area (Å²) < 4.78 is 57.5. The molecule has 0 saturated carbocycles. The van der Waals surface area contributed by atoms with Crippen molar-refractivity contribution >= 4 is 12.0 Å². The van der Waals surface area contributed by atoms with Crippen molar-refractivity contribution in [2.24, 2.45) is 0 Å². The lowest BCUT2D eigenvalue weighted by molar-refractivity contribution is -0.137. The van der Waals surface area contributed by atoms with Gasteiger partial charge >= 0.3 is 0 Å². The van der Waals surface area contributed by atoms with Crippen molar-refractivity contribution in [3.63, 3.8) is 0 Å². The maximum atomic E-state index is 14.7. The van der Waals surface area contributed by atoms with E-state index >= 15 is 0 Å². The van der Waals surface area contributed by atoms with Crippen molar-refractivity contribution < 1.29 is 27.5 Å². The Bertz CT molecular complexity index is 1260. The Morgan fingerprint density at radius 3 is 2.41 bits per heavy atom. The number of aromatic nitrogens is 2. The van der Waals surface area contributed by atoms with Crippen LogP contribution in [0.5, 0.6) is 0 Å². The molecular weight excluding hydrogens is 450 g/mol. The Balaban J connectivity index is 1.65. The Morgan fingerprint density at radius 1 is 1.12 bits per heavy atom. The van der Waals surface area contributed by atoms with E-state index < -0.39 is 41.3 Å². The zero-order chi connectivity index (χ0) is 24.6. The van der Waals surface area contributed by atoms with Crippen LogP contribution in [0.3, 0.4) is 0 Å². The van der Waals surface area contributed by atoms with Gasteiger partial charge in [-0.25, -0.2) is 22.5 Å². The molecule has 0 spiro atoms. The van der Waals surface area contributed by atoms with Crippen molar-refractivity contribution in [3.05, 3.63) is 88.5 Å². The maximum absolute atomic E-state index is 14.7. The van der Waals surface area contributed by atoms with Crippen LogP contribution >= 0.6 is 0 Å². The number of hydrogen-bond donors (Lipinski definition) is 1. The topological polar surface area (TPSA) is 58.4 Å². The largest absolute Gasteiger partial charge is 0.394 e. The monoisotopic (exact) mass is 473 g/mol. The predicted molar refractivity (Wildman–Crippen MR) is 118 cm³/mol. The smallest absolute Gasteiger partial charge is 0.250 e. The molecule has 0 unspecified atom stereocenters. The van der Waals surface area contributed by atoms with Crippen LogP contribution < -0.4 is 0 Å². The number of carbonyl (C=O) groups is 1. The lowest BCUT2D eigenvalue weighted by Gasteiger charge is -2.43. The van der Waals surface area contributed by atoms with Crippen molar-refractivity contribution in [1.82, 2.24) is 14.5 Å². The summed E-state index contributed by atoms with van der Waals surface area (Å²) in [7, 11) is 0. The molecule has 4 rings (SSSR count). The quantitative estimate of drug-likeness (QED) is 0.334. The molecule has 1 N–H and O–H groups in total. The molecule has 178 valence electrons. The number of halogens is 4. The average Bonchev–Trinajstić information content (AvgIpc) is 3.24. The first kappa shape index (κ1) is 23.7. The van der Waals surface area contributed by atoms with Crippen LogP contribution in [0.15, 0.2) is 48.4 Å². The molecule has 1 amide bonds. The number of rotatable bonds is 5. The number of aryl methyl sites for hydroxylation is 1. The number of nitrogens with zero attached hydrogens (tertiary/aromatic N) is 3. The van der Waals surface area contributed by atoms with Gasteiger partial charge in [-0.05, 0) is 68.2 Å². The Kier molecular flexibility index (Phi) is 6.31. The first-order valence-corrected chi connectivity index (χ1v) is 10.7. The number of aliphatic hydroxyl groups excluding tert-OH is 1. The zero-order valence-corrected chi connectivity index (χ0v) is 18.7. The van der Waals surface area contributed by atoms with Gasteiger partial charge in [0.1, 0.15) is 5.82 Å². The fourth-order valence-corrected chi connectivity index (χ4v) is 4.19. The molecule has 34 heavy (non-hydrogen) atoms. The molecule has 0 aliphatic carbocycles. The van der Waals surface area contributed by atoms with Crippen LogP contribution in [0.2, 0.25) is 0 Å². The SMILES string of the molecule is Cc1cn(-c2ccc(C=C3CCCN([C@](C)(CO)c4cc(F)c(F)c(F)c4)C3=O)cc2F)cn1. The van der Waals surface area contributed by atoms with Crippen molar-refractivity contribution in [3.8, 4) is 5.69 Å². The normalized spacial score (nSPS) is 17.3. The summed E-state index contributed by atoms with van der Waals surface area (Å²) in [4.78, 5) is 18.7. The van der Waals surface area contributed by atoms with Crippen LogP contribution in [-0.2, 0) is 10.3 Å². The van der Waals surface area contributed by atoms with Crippen molar-refractivity contribution in [2.45, 2.75) is 32.2 Å². The summed E-state index contributed by atoms with van der Waals surface area (Å²) >= 11 is 0. The summed E-state index contributed by atoms with van der Waals surface area (Å²) in [5.41, 5.74) is 0.332. The molecule has 1 aromatic heterocycles. The minimum absolute atomic E-state index is 0.0629. The molecule has 1 aliphatic heterocycles. The van der Waals surface area contributed by atoms with Gasteiger partial charge in [-0.1, -0.05) is 6.07 Å². The Morgan fingerprint density at radius 2 is 1.82 bits per heavy atom. The second-order valence-electron chi connectivity index (χ2n) is 8.55. The molecule has 1 atom stereocenters. The summed E-state index contributed by atoms with van der Waals surface area (Å²) in [6.45, 7) is 2.84. The van der Waals surface area contributed by atoms with E-state index in [9.17, 15) is 27.5 Å². The van der Waals surface area contributed by atoms with Crippen LogP contribution in [0.4, 0.5) is 17.6 Å². The third-order valence-electron chi connectivity index (χ3n) is 6.16. The number of benzene rings is 2. The van der Waals surface area contributed by atoms with E-state index in [1.165, 1.54) is 24.2 Å². The van der Waals surface area contributed by atoms with Gasteiger partial charge in [0.2, 0.25) is 0 Å². The van der Waals surface area contributed by atoms with Gasteiger partial charge in [0, 0.05) is 18.3 Å². The highest BCUT2D eigenvalue weighted by molar-refractivity contribution is 5.99. The van der Waals surface area contributed by atoms with Gasteiger partial charge in [0.15, 0.2) is 17.5 Å². The van der Waals surface area contributed by atoms with E-state index in [1.54, 1.807) is 35.9 Å². The van der Waals surface area contributed by atoms with Crippen LogP contribution in [0, 0.1) is 30.2 Å². The highest BCUT2D eigenvalue weighted by Crippen LogP contribution is 2.35. The molecule has 1 fully saturated rings. The summed E-state index contributed by atoms with van der Waals surface area (Å²) in [5.74, 6) is -5.38. The number of piperidine rings is 1. The highest BCUT2D eigenvalue weighted by atomic mass is 19.2. The minimum Gasteiger partial charge on any atom is -0.394 e. The van der Waals surface area contributed by atoms with Crippen LogP contribution in [-0.4, -0.2) is 38.6 Å². The number of imidazole rings is 1. The summed E-state index contributed by atoms with van der Waals surface area (Å²) in [5, 5.41) is 10.1. The molecule has 0 radical (unpaired) electrons. The van der Waals surface area contributed by atoms with Gasteiger partial charge in [-0.15, -0.1) is 0 Å². The third kappa shape index (κ3) is 4.23. The molecule has 2 heterocycles. The van der Waals surface area contributed by atoms with E-state index in [0.717, 1.165) is 17.8 Å². The van der Waals surface area contributed by atoms with Crippen molar-refractivity contribution in [2.75, 3.05) is 13.2 Å². The summed E-state index contributed by atoms with van der Waals surface area (Å²) in [6.07, 6.45) is 5.69. The van der Waals surface area contributed by atoms with Gasteiger partial charge in [-0.2, -0.15) is 0 Å². The number of likely N-dealkylation sites (tertiary alicyclic amines) is 1. The van der Waals surface area contributed by atoms with E-state index in [2.05, 4.69) is 4.98 Å². The van der Waals surface area contributed by atoms with E-state index in [-0.39, 0.29) is 12.1 Å². The van der Waals surface area contributed by atoms with Crippen LogP contribution in [0.1, 0.15) is 36.6 Å². The third-order valence-corrected chi connectivity index (χ3v) is 6.16. The first-order valence-electron chi connectivity index (χ1n) is 10.7. The van der Waals surface area contributed by atoms with E-state index in [0.29, 0.717) is 29.7 Å². The maximum Gasteiger partial charge on any atom is 0.250 e. The van der Waals surface area contributed by atoms with Crippen molar-refractivity contribution in [1.29, 1.82) is 0 Å². The molecule has 0 bridgehead atoms. The molecule has 1 saturated heterocycles. The van der Waals surface area contributed by atoms with E-state index in [4.69, 9.17) is 0 Å². The minimum atomic E-state index is -1.62. The summed E-state index contributed by atoms with van der Waals surface area (Å²) in [6, 6.07) is 6.12.